The third-order valence-electron chi connectivity index (χ3n) is 2.55. The number of nitrogens with zero attached hydrogens (tertiary/aromatic N) is 2. The van der Waals surface area contributed by atoms with Crippen LogP contribution in [0.25, 0.3) is 0 Å². The van der Waals surface area contributed by atoms with Crippen molar-refractivity contribution in [3.05, 3.63) is 11.7 Å². The van der Waals surface area contributed by atoms with Gasteiger partial charge in [0, 0.05) is 13.7 Å². The van der Waals surface area contributed by atoms with E-state index in [1.165, 1.54) is 0 Å². The summed E-state index contributed by atoms with van der Waals surface area (Å²) in [7, 11) is 1.63. The van der Waals surface area contributed by atoms with E-state index in [4.69, 9.17) is 19.7 Å². The number of ether oxygens (including phenoxy) is 2. The van der Waals surface area contributed by atoms with Crippen LogP contribution in [-0.4, -0.2) is 30.4 Å². The monoisotopic (exact) mass is 229 g/mol. The first-order valence-electron chi connectivity index (χ1n) is 5.32. The molecule has 0 aliphatic heterocycles. The Morgan fingerprint density at radius 3 is 2.81 bits per heavy atom. The van der Waals surface area contributed by atoms with Crippen molar-refractivity contribution in [2.45, 2.75) is 32.5 Å². The first kappa shape index (κ1) is 13.1. The molecule has 0 aromatic carbocycles. The molecule has 1 heterocycles. The predicted molar refractivity (Wildman–Crippen MR) is 57.7 cm³/mol. The van der Waals surface area contributed by atoms with Gasteiger partial charge in [0.25, 0.3) is 5.89 Å². The fraction of sp³-hybridized carbons (Fsp3) is 0.800. The van der Waals surface area contributed by atoms with Gasteiger partial charge in [-0.3, -0.25) is 0 Å². The van der Waals surface area contributed by atoms with Crippen LogP contribution in [0.3, 0.4) is 0 Å². The quantitative estimate of drug-likeness (QED) is 0.697. The Morgan fingerprint density at radius 2 is 2.25 bits per heavy atom. The first-order valence-corrected chi connectivity index (χ1v) is 5.32. The van der Waals surface area contributed by atoms with Crippen LogP contribution in [0, 0.1) is 0 Å². The van der Waals surface area contributed by atoms with Gasteiger partial charge in [0.2, 0.25) is 5.82 Å². The molecule has 92 valence electrons. The van der Waals surface area contributed by atoms with Gasteiger partial charge in [-0.2, -0.15) is 4.98 Å². The van der Waals surface area contributed by atoms with Crippen molar-refractivity contribution in [3.63, 3.8) is 0 Å². The van der Waals surface area contributed by atoms with Gasteiger partial charge in [0.1, 0.15) is 12.2 Å². The first-order chi connectivity index (χ1) is 7.66. The van der Waals surface area contributed by atoms with Crippen molar-refractivity contribution in [2.24, 2.45) is 5.73 Å². The SMILES string of the molecule is CCC(C)(OC)c1noc(COCCN)n1. The van der Waals surface area contributed by atoms with Crippen LogP contribution in [0.1, 0.15) is 32.0 Å². The highest BCUT2D eigenvalue weighted by Gasteiger charge is 2.29. The van der Waals surface area contributed by atoms with Crippen LogP contribution in [0.5, 0.6) is 0 Å². The molecule has 0 radical (unpaired) electrons. The lowest BCUT2D eigenvalue weighted by Crippen LogP contribution is -2.24. The lowest BCUT2D eigenvalue weighted by atomic mass is 10.0. The number of nitrogens with two attached hydrogens (primary N) is 1. The molecule has 0 amide bonds. The topological polar surface area (TPSA) is 83.4 Å². The standard InChI is InChI=1S/C10H19N3O3/c1-4-10(2,14-3)9-12-8(16-13-9)7-15-6-5-11/h4-7,11H2,1-3H3. The maximum Gasteiger partial charge on any atom is 0.252 e. The Hall–Kier alpha value is -0.980. The highest BCUT2D eigenvalue weighted by Crippen LogP contribution is 2.25. The van der Waals surface area contributed by atoms with E-state index in [1.54, 1.807) is 7.11 Å². The van der Waals surface area contributed by atoms with Crippen molar-refractivity contribution in [1.29, 1.82) is 0 Å². The second-order valence-corrected chi connectivity index (χ2v) is 3.64. The summed E-state index contributed by atoms with van der Waals surface area (Å²) in [6, 6.07) is 0. The smallest absolute Gasteiger partial charge is 0.252 e. The zero-order chi connectivity index (χ0) is 12.0. The lowest BCUT2D eigenvalue weighted by molar-refractivity contribution is -0.0106. The molecule has 0 saturated heterocycles. The minimum Gasteiger partial charge on any atom is -0.370 e. The van der Waals surface area contributed by atoms with Crippen molar-refractivity contribution in [3.8, 4) is 0 Å². The average Bonchev–Trinajstić information content (AvgIpc) is 2.78. The summed E-state index contributed by atoms with van der Waals surface area (Å²) in [5.74, 6) is 0.990. The van der Waals surface area contributed by atoms with Gasteiger partial charge in [0.05, 0.1) is 6.61 Å². The summed E-state index contributed by atoms with van der Waals surface area (Å²) in [4.78, 5) is 4.23. The van der Waals surface area contributed by atoms with E-state index < -0.39 is 5.60 Å². The van der Waals surface area contributed by atoms with Crippen LogP contribution in [0.15, 0.2) is 4.52 Å². The van der Waals surface area contributed by atoms with Gasteiger partial charge in [-0.15, -0.1) is 0 Å². The second kappa shape index (κ2) is 5.93. The highest BCUT2D eigenvalue weighted by atomic mass is 16.5. The summed E-state index contributed by atoms with van der Waals surface area (Å²) in [5.41, 5.74) is 4.79. The van der Waals surface area contributed by atoms with Gasteiger partial charge in [0.15, 0.2) is 0 Å². The Kier molecular flexibility index (Phi) is 4.85. The number of hydrogen-bond acceptors (Lipinski definition) is 6. The van der Waals surface area contributed by atoms with Crippen LogP contribution in [0.4, 0.5) is 0 Å². The zero-order valence-corrected chi connectivity index (χ0v) is 10.0. The summed E-state index contributed by atoms with van der Waals surface area (Å²) in [6.07, 6.45) is 0.770. The third-order valence-corrected chi connectivity index (χ3v) is 2.55. The Balaban J connectivity index is 2.63. The van der Waals surface area contributed by atoms with Gasteiger partial charge in [-0.1, -0.05) is 12.1 Å². The molecule has 0 spiro atoms. The van der Waals surface area contributed by atoms with Crippen LogP contribution in [0.2, 0.25) is 0 Å². The van der Waals surface area contributed by atoms with Gasteiger partial charge < -0.3 is 19.7 Å². The van der Waals surface area contributed by atoms with E-state index in [1.807, 2.05) is 13.8 Å². The number of hydrogen-bond donors (Lipinski definition) is 1. The van der Waals surface area contributed by atoms with E-state index in [9.17, 15) is 0 Å². The summed E-state index contributed by atoms with van der Waals surface area (Å²) < 4.78 is 15.6. The van der Waals surface area contributed by atoms with Crippen LogP contribution >= 0.6 is 0 Å². The molecule has 6 nitrogen and oxygen atoms in total. The van der Waals surface area contributed by atoms with Gasteiger partial charge >= 0.3 is 0 Å². The average molecular weight is 229 g/mol. The molecule has 2 N–H and O–H groups in total. The highest BCUT2D eigenvalue weighted by molar-refractivity contribution is 4.98. The van der Waals surface area contributed by atoms with Crippen molar-refractivity contribution in [2.75, 3.05) is 20.3 Å². The predicted octanol–water partition coefficient (Wildman–Crippen LogP) is 0.816. The van der Waals surface area contributed by atoms with Crippen LogP contribution < -0.4 is 5.73 Å². The molecule has 1 aromatic heterocycles. The van der Waals surface area contributed by atoms with E-state index in [-0.39, 0.29) is 6.61 Å². The zero-order valence-electron chi connectivity index (χ0n) is 10.0. The summed E-state index contributed by atoms with van der Waals surface area (Å²) in [5, 5.41) is 3.89. The molecule has 0 aliphatic rings. The molecular formula is C10H19N3O3. The van der Waals surface area contributed by atoms with Crippen LogP contribution in [-0.2, 0) is 21.7 Å². The largest absolute Gasteiger partial charge is 0.370 e. The van der Waals surface area contributed by atoms with Crippen molar-refractivity contribution >= 4 is 0 Å². The number of aromatic nitrogens is 2. The molecule has 1 rings (SSSR count). The van der Waals surface area contributed by atoms with E-state index in [0.717, 1.165) is 6.42 Å². The fourth-order valence-electron chi connectivity index (χ4n) is 1.16. The minimum absolute atomic E-state index is 0.285. The molecule has 1 atom stereocenters. The molecule has 0 saturated carbocycles. The van der Waals surface area contributed by atoms with E-state index >= 15 is 0 Å². The van der Waals surface area contributed by atoms with Crippen molar-refractivity contribution < 1.29 is 14.0 Å². The van der Waals surface area contributed by atoms with E-state index in [2.05, 4.69) is 10.1 Å². The van der Waals surface area contributed by atoms with Crippen molar-refractivity contribution in [1.82, 2.24) is 10.1 Å². The summed E-state index contributed by atoms with van der Waals surface area (Å²) in [6.45, 7) is 5.17. The fourth-order valence-corrected chi connectivity index (χ4v) is 1.16. The number of methoxy groups -OCH3 is 1. The normalized spacial score (nSPS) is 15.0. The summed E-state index contributed by atoms with van der Waals surface area (Å²) >= 11 is 0. The lowest BCUT2D eigenvalue weighted by Gasteiger charge is -2.21. The molecule has 0 bridgehead atoms. The molecule has 0 aliphatic carbocycles. The Bertz CT molecular complexity index is 310. The van der Waals surface area contributed by atoms with Gasteiger partial charge in [-0.05, 0) is 13.3 Å². The van der Waals surface area contributed by atoms with Gasteiger partial charge in [-0.25, -0.2) is 0 Å². The Labute approximate surface area is 95.1 Å². The maximum absolute atomic E-state index is 5.37. The molecule has 1 aromatic rings. The maximum atomic E-state index is 5.37. The van der Waals surface area contributed by atoms with E-state index in [0.29, 0.717) is 24.9 Å². The Morgan fingerprint density at radius 1 is 1.50 bits per heavy atom. The molecule has 6 heteroatoms. The molecule has 16 heavy (non-hydrogen) atoms. The number of rotatable bonds is 7. The second-order valence-electron chi connectivity index (χ2n) is 3.64. The molecular weight excluding hydrogens is 210 g/mol. The molecule has 1 unspecified atom stereocenters. The molecule has 0 fully saturated rings. The third kappa shape index (κ3) is 3.01. The minimum atomic E-state index is -0.504.